The van der Waals surface area contributed by atoms with E-state index in [4.69, 9.17) is 4.98 Å². The van der Waals surface area contributed by atoms with Crippen molar-refractivity contribution in [1.82, 2.24) is 15.2 Å². The second-order valence-electron chi connectivity index (χ2n) is 8.13. The molecular formula is C20H26B5N3O. The van der Waals surface area contributed by atoms with Gasteiger partial charge in [-0.15, -0.1) is 16.4 Å². The lowest BCUT2D eigenvalue weighted by Crippen LogP contribution is -2.55. The summed E-state index contributed by atoms with van der Waals surface area (Å²) in [7, 11) is 14.8. The Bertz CT molecular complexity index is 1070. The summed E-state index contributed by atoms with van der Waals surface area (Å²) in [6.45, 7) is 1.41. The lowest BCUT2D eigenvalue weighted by Gasteiger charge is -2.20. The standard InChI is InChI=1S/C20H26B5N3O/c1-28(2)8-7-26-20(29)11-9-13(27-12-6-4-3-5-10(11)12)14-15(21)17(23)19(25)18(24)16(14)22/h3-6,9H,7-8,21-25H2,1-2H3,(H,26,29). The lowest BCUT2D eigenvalue weighted by molar-refractivity contribution is 0.0952. The maximum Gasteiger partial charge on any atom is 0.252 e. The summed E-state index contributed by atoms with van der Waals surface area (Å²) in [6, 6.07) is 9.83. The maximum absolute atomic E-state index is 13.0. The second-order valence-corrected chi connectivity index (χ2v) is 8.13. The Labute approximate surface area is 177 Å². The van der Waals surface area contributed by atoms with E-state index in [1.807, 2.05) is 44.4 Å². The maximum atomic E-state index is 13.0. The normalized spacial score (nSPS) is 11.1. The molecule has 1 N–H and O–H groups in total. The average Bonchev–Trinajstić information content (AvgIpc) is 2.70. The molecule has 0 atom stereocenters. The van der Waals surface area contributed by atoms with Crippen LogP contribution in [0.3, 0.4) is 0 Å². The van der Waals surface area contributed by atoms with Gasteiger partial charge in [-0.25, -0.2) is 4.98 Å². The highest BCUT2D eigenvalue weighted by molar-refractivity contribution is 6.68. The topological polar surface area (TPSA) is 45.2 Å². The molecule has 3 aromatic rings. The van der Waals surface area contributed by atoms with E-state index >= 15 is 0 Å². The van der Waals surface area contributed by atoms with E-state index in [9.17, 15) is 4.79 Å². The third-order valence-electron chi connectivity index (χ3n) is 6.06. The second kappa shape index (κ2) is 8.54. The molecule has 0 unspecified atom stereocenters. The van der Waals surface area contributed by atoms with Crippen molar-refractivity contribution < 1.29 is 4.79 Å². The minimum Gasteiger partial charge on any atom is -0.351 e. The van der Waals surface area contributed by atoms with Crippen LogP contribution in [0, 0.1) is 0 Å². The van der Waals surface area contributed by atoms with E-state index in [2.05, 4.69) is 49.4 Å². The molecule has 0 radical (unpaired) electrons. The molecule has 142 valence electrons. The Kier molecular flexibility index (Phi) is 6.28. The zero-order chi connectivity index (χ0) is 21.3. The van der Waals surface area contributed by atoms with Crippen molar-refractivity contribution in [3.05, 3.63) is 35.9 Å². The first kappa shape index (κ1) is 21.3. The molecule has 0 saturated carbocycles. The predicted molar refractivity (Wildman–Crippen MR) is 139 cm³/mol. The molecule has 0 fully saturated rings. The largest absolute Gasteiger partial charge is 0.351 e. The van der Waals surface area contributed by atoms with Gasteiger partial charge in [0.2, 0.25) is 0 Å². The highest BCUT2D eigenvalue weighted by Gasteiger charge is 2.18. The first-order valence-electron chi connectivity index (χ1n) is 10.1. The van der Waals surface area contributed by atoms with Crippen molar-refractivity contribution >= 4 is 83.4 Å². The summed E-state index contributed by atoms with van der Waals surface area (Å²) in [4.78, 5) is 20.0. The number of para-hydroxylation sites is 1. The lowest BCUT2D eigenvalue weighted by atomic mass is 9.60. The van der Waals surface area contributed by atoms with E-state index in [-0.39, 0.29) is 5.91 Å². The SMILES string of the molecule is Bc1c(B)c(B)c(-c2cc(C(=O)NCCN(C)C)c3ccccc3n2)c(B)c1B. The molecule has 1 amide bonds. The van der Waals surface area contributed by atoms with Crippen LogP contribution in [-0.4, -0.2) is 82.2 Å². The summed E-state index contributed by atoms with van der Waals surface area (Å²) in [5, 5.41) is 3.94. The molecule has 1 aromatic heterocycles. The molecule has 4 nitrogen and oxygen atoms in total. The van der Waals surface area contributed by atoms with Crippen LogP contribution in [0.25, 0.3) is 22.2 Å². The fourth-order valence-electron chi connectivity index (χ4n) is 3.86. The molecular weight excluding hydrogens is 352 g/mol. The van der Waals surface area contributed by atoms with Gasteiger partial charge in [-0.2, -0.15) is 0 Å². The van der Waals surface area contributed by atoms with E-state index in [1.54, 1.807) is 0 Å². The van der Waals surface area contributed by atoms with Crippen molar-refractivity contribution in [3.63, 3.8) is 0 Å². The van der Waals surface area contributed by atoms with Gasteiger partial charge in [-0.05, 0) is 31.8 Å². The Balaban J connectivity index is 2.18. The Morgan fingerprint density at radius 1 is 0.966 bits per heavy atom. The van der Waals surface area contributed by atoms with Crippen LogP contribution in [0.4, 0.5) is 0 Å². The van der Waals surface area contributed by atoms with E-state index in [1.165, 1.54) is 27.3 Å². The molecule has 0 spiro atoms. The summed E-state index contributed by atoms with van der Waals surface area (Å²) >= 11 is 0. The molecule has 29 heavy (non-hydrogen) atoms. The number of aromatic nitrogens is 1. The van der Waals surface area contributed by atoms with Crippen molar-refractivity contribution in [2.45, 2.75) is 0 Å². The molecule has 0 aliphatic heterocycles. The number of hydrogen-bond donors (Lipinski definition) is 1. The third-order valence-corrected chi connectivity index (χ3v) is 6.06. The summed E-state index contributed by atoms with van der Waals surface area (Å²) in [6.07, 6.45) is 0. The molecule has 1 heterocycles. The van der Waals surface area contributed by atoms with Gasteiger partial charge in [0.15, 0.2) is 0 Å². The number of fused-ring (bicyclic) bond motifs is 1. The van der Waals surface area contributed by atoms with Crippen molar-refractivity contribution in [3.8, 4) is 11.3 Å². The van der Waals surface area contributed by atoms with Gasteiger partial charge in [-0.3, -0.25) is 4.79 Å². The number of pyridine rings is 1. The fraction of sp³-hybridized carbons (Fsp3) is 0.200. The first-order chi connectivity index (χ1) is 13.7. The molecule has 0 aliphatic rings. The van der Waals surface area contributed by atoms with Gasteiger partial charge in [0.05, 0.1) is 16.8 Å². The number of hydrogen-bond acceptors (Lipinski definition) is 3. The third kappa shape index (κ3) is 4.15. The number of rotatable bonds is 5. The summed E-state index contributed by atoms with van der Waals surface area (Å²) in [5.74, 6) is -0.0532. The molecule has 9 heteroatoms. The number of benzene rings is 2. The summed E-state index contributed by atoms with van der Waals surface area (Å²) < 4.78 is 0. The molecule has 0 saturated heterocycles. The summed E-state index contributed by atoms with van der Waals surface area (Å²) in [5.41, 5.74) is 9.88. The van der Waals surface area contributed by atoms with Crippen LogP contribution < -0.4 is 32.6 Å². The Morgan fingerprint density at radius 3 is 2.17 bits per heavy atom. The number of nitrogens with zero attached hydrogens (tertiary/aromatic N) is 2. The Morgan fingerprint density at radius 2 is 1.55 bits per heavy atom. The van der Waals surface area contributed by atoms with E-state index in [0.29, 0.717) is 12.1 Å². The highest BCUT2D eigenvalue weighted by atomic mass is 16.1. The van der Waals surface area contributed by atoms with Crippen LogP contribution in [-0.2, 0) is 0 Å². The fourth-order valence-corrected chi connectivity index (χ4v) is 3.86. The smallest absolute Gasteiger partial charge is 0.252 e. The van der Waals surface area contributed by atoms with Crippen LogP contribution >= 0.6 is 0 Å². The number of carbonyl (C=O) groups is 1. The predicted octanol–water partition coefficient (Wildman–Crippen LogP) is -5.51. The van der Waals surface area contributed by atoms with Crippen LogP contribution in [0.5, 0.6) is 0 Å². The quantitative estimate of drug-likeness (QED) is 0.451. The number of amides is 1. The zero-order valence-electron chi connectivity index (χ0n) is 18.6. The number of nitrogens with one attached hydrogen (secondary N) is 1. The van der Waals surface area contributed by atoms with Gasteiger partial charge < -0.3 is 10.2 Å². The van der Waals surface area contributed by atoms with Crippen LogP contribution in [0.1, 0.15) is 10.4 Å². The minimum atomic E-state index is -0.0532. The van der Waals surface area contributed by atoms with E-state index in [0.717, 1.165) is 28.7 Å². The first-order valence-corrected chi connectivity index (χ1v) is 10.1. The number of likely N-dealkylation sites (N-methyl/N-ethyl adjacent to an activating group) is 1. The average molecular weight is 379 g/mol. The van der Waals surface area contributed by atoms with Gasteiger partial charge in [-0.1, -0.05) is 29.1 Å². The molecule has 0 bridgehead atoms. The zero-order valence-corrected chi connectivity index (χ0v) is 18.6. The van der Waals surface area contributed by atoms with Crippen molar-refractivity contribution in [2.75, 3.05) is 27.2 Å². The molecule has 3 rings (SSSR count). The minimum absolute atomic E-state index is 0.0532. The molecule has 0 aliphatic carbocycles. The van der Waals surface area contributed by atoms with Crippen LogP contribution in [0.2, 0.25) is 0 Å². The van der Waals surface area contributed by atoms with E-state index < -0.39 is 0 Å². The van der Waals surface area contributed by atoms with Gasteiger partial charge in [0.25, 0.3) is 5.91 Å². The van der Waals surface area contributed by atoms with Gasteiger partial charge >= 0.3 is 0 Å². The van der Waals surface area contributed by atoms with Gasteiger partial charge in [0.1, 0.15) is 39.2 Å². The Hall–Kier alpha value is -2.40. The monoisotopic (exact) mass is 379 g/mol. The number of carbonyl (C=O) groups excluding carboxylic acids is 1. The van der Waals surface area contributed by atoms with Crippen molar-refractivity contribution in [2.24, 2.45) is 0 Å². The van der Waals surface area contributed by atoms with Crippen LogP contribution in [0.15, 0.2) is 30.3 Å². The highest BCUT2D eigenvalue weighted by Crippen LogP contribution is 2.22. The molecule has 2 aromatic carbocycles. The van der Waals surface area contributed by atoms with Gasteiger partial charge in [0, 0.05) is 18.5 Å². The van der Waals surface area contributed by atoms with Crippen molar-refractivity contribution in [1.29, 1.82) is 0 Å².